The number of nitrogens with zero attached hydrogens (tertiary/aromatic N) is 2. The van der Waals surface area contributed by atoms with Gasteiger partial charge >= 0.3 is 0 Å². The molecule has 4 heteroatoms. The van der Waals surface area contributed by atoms with E-state index in [0.717, 1.165) is 37.3 Å². The van der Waals surface area contributed by atoms with Crippen LogP contribution in [-0.2, 0) is 11.3 Å². The topological polar surface area (TPSA) is 45.2 Å². The van der Waals surface area contributed by atoms with Crippen molar-refractivity contribution in [2.24, 2.45) is 0 Å². The average Bonchev–Trinajstić information content (AvgIpc) is 2.35. The summed E-state index contributed by atoms with van der Waals surface area (Å²) in [4.78, 5) is 17.9. The standard InChI is InChI=1S/C13H19N3O/c1-2-14-12-7-6-11(9-15-12)10-16-8-4-3-5-13(16)17/h6-7,9H,2-5,8,10H2,1H3,(H,14,15). The third kappa shape index (κ3) is 3.19. The summed E-state index contributed by atoms with van der Waals surface area (Å²) in [5.74, 6) is 1.16. The van der Waals surface area contributed by atoms with Gasteiger partial charge in [0.2, 0.25) is 5.91 Å². The van der Waals surface area contributed by atoms with E-state index < -0.39 is 0 Å². The van der Waals surface area contributed by atoms with Crippen LogP contribution in [-0.4, -0.2) is 28.9 Å². The zero-order valence-corrected chi connectivity index (χ0v) is 10.3. The average molecular weight is 233 g/mol. The van der Waals surface area contributed by atoms with Gasteiger partial charge in [0.05, 0.1) is 0 Å². The van der Waals surface area contributed by atoms with Crippen LogP contribution in [0.15, 0.2) is 18.3 Å². The van der Waals surface area contributed by atoms with E-state index >= 15 is 0 Å². The number of hydrogen-bond acceptors (Lipinski definition) is 3. The number of likely N-dealkylation sites (tertiary alicyclic amines) is 1. The summed E-state index contributed by atoms with van der Waals surface area (Å²) in [6.45, 7) is 4.49. The second kappa shape index (κ2) is 5.66. The third-order valence-electron chi connectivity index (χ3n) is 2.98. The molecule has 0 bridgehead atoms. The van der Waals surface area contributed by atoms with Crippen LogP contribution in [0.5, 0.6) is 0 Å². The van der Waals surface area contributed by atoms with E-state index in [0.29, 0.717) is 13.0 Å². The maximum Gasteiger partial charge on any atom is 0.222 e. The van der Waals surface area contributed by atoms with E-state index in [-0.39, 0.29) is 5.91 Å². The van der Waals surface area contributed by atoms with Gasteiger partial charge in [-0.15, -0.1) is 0 Å². The highest BCUT2D eigenvalue weighted by molar-refractivity contribution is 5.76. The Labute approximate surface area is 102 Å². The van der Waals surface area contributed by atoms with Gasteiger partial charge in [-0.1, -0.05) is 6.07 Å². The van der Waals surface area contributed by atoms with E-state index in [2.05, 4.69) is 10.3 Å². The Kier molecular flexibility index (Phi) is 3.96. The zero-order valence-electron chi connectivity index (χ0n) is 10.3. The van der Waals surface area contributed by atoms with E-state index in [1.54, 1.807) is 0 Å². The monoisotopic (exact) mass is 233 g/mol. The quantitative estimate of drug-likeness (QED) is 0.865. The molecule has 0 atom stereocenters. The first-order chi connectivity index (χ1) is 8.29. The molecular weight excluding hydrogens is 214 g/mol. The molecule has 2 rings (SSSR count). The van der Waals surface area contributed by atoms with Crippen LogP contribution in [0, 0.1) is 0 Å². The number of carbonyl (C=O) groups excluding carboxylic acids is 1. The Morgan fingerprint density at radius 1 is 1.41 bits per heavy atom. The predicted molar refractivity (Wildman–Crippen MR) is 67.7 cm³/mol. The maximum atomic E-state index is 11.7. The van der Waals surface area contributed by atoms with Crippen molar-refractivity contribution >= 4 is 11.7 Å². The molecule has 1 amide bonds. The SMILES string of the molecule is CCNc1ccc(CN2CCCCC2=O)cn1. The third-order valence-corrected chi connectivity index (χ3v) is 2.98. The normalized spacial score (nSPS) is 16.1. The zero-order chi connectivity index (χ0) is 12.1. The highest BCUT2D eigenvalue weighted by Gasteiger charge is 2.17. The number of pyridine rings is 1. The summed E-state index contributed by atoms with van der Waals surface area (Å²) >= 11 is 0. The fourth-order valence-electron chi connectivity index (χ4n) is 2.05. The van der Waals surface area contributed by atoms with Crippen LogP contribution in [0.2, 0.25) is 0 Å². The molecule has 1 aliphatic rings. The number of amides is 1. The Hall–Kier alpha value is -1.58. The van der Waals surface area contributed by atoms with E-state index in [9.17, 15) is 4.79 Å². The van der Waals surface area contributed by atoms with Gasteiger partial charge in [-0.2, -0.15) is 0 Å². The summed E-state index contributed by atoms with van der Waals surface area (Å²) in [6.07, 6.45) is 4.70. The molecular formula is C13H19N3O. The van der Waals surface area contributed by atoms with Gasteiger partial charge in [-0.05, 0) is 31.4 Å². The highest BCUT2D eigenvalue weighted by atomic mass is 16.2. The molecule has 17 heavy (non-hydrogen) atoms. The summed E-state index contributed by atoms with van der Waals surface area (Å²) in [6, 6.07) is 4.00. The van der Waals surface area contributed by atoms with Crippen LogP contribution in [0.25, 0.3) is 0 Å². The number of aromatic nitrogens is 1. The van der Waals surface area contributed by atoms with Gasteiger partial charge in [0.1, 0.15) is 5.82 Å². The van der Waals surface area contributed by atoms with Crippen LogP contribution < -0.4 is 5.32 Å². The largest absolute Gasteiger partial charge is 0.370 e. The van der Waals surface area contributed by atoms with Crippen molar-refractivity contribution in [2.75, 3.05) is 18.4 Å². The number of piperidine rings is 1. The molecule has 0 spiro atoms. The van der Waals surface area contributed by atoms with E-state index in [1.807, 2.05) is 30.2 Å². The number of carbonyl (C=O) groups is 1. The van der Waals surface area contributed by atoms with Crippen LogP contribution in [0.1, 0.15) is 31.7 Å². The molecule has 1 fully saturated rings. The molecule has 0 aliphatic carbocycles. The van der Waals surface area contributed by atoms with E-state index in [4.69, 9.17) is 0 Å². The molecule has 1 aromatic rings. The van der Waals surface area contributed by atoms with Gasteiger partial charge in [0.25, 0.3) is 0 Å². The van der Waals surface area contributed by atoms with Crippen molar-refractivity contribution in [3.05, 3.63) is 23.9 Å². The molecule has 1 aliphatic heterocycles. The van der Waals surface area contributed by atoms with Gasteiger partial charge in [-0.3, -0.25) is 4.79 Å². The van der Waals surface area contributed by atoms with Crippen LogP contribution in [0.3, 0.4) is 0 Å². The molecule has 0 aromatic carbocycles. The second-order valence-electron chi connectivity index (χ2n) is 4.35. The lowest BCUT2D eigenvalue weighted by atomic mass is 10.1. The lowest BCUT2D eigenvalue weighted by Crippen LogP contribution is -2.34. The first kappa shape index (κ1) is 11.9. The molecule has 1 N–H and O–H groups in total. The minimum absolute atomic E-state index is 0.270. The maximum absolute atomic E-state index is 11.7. The van der Waals surface area contributed by atoms with Gasteiger partial charge in [0, 0.05) is 32.3 Å². The molecule has 0 saturated carbocycles. The first-order valence-corrected chi connectivity index (χ1v) is 6.26. The Balaban J connectivity index is 1.95. The number of rotatable bonds is 4. The summed E-state index contributed by atoms with van der Waals surface area (Å²) in [5, 5.41) is 3.16. The van der Waals surface area contributed by atoms with Crippen LogP contribution in [0.4, 0.5) is 5.82 Å². The molecule has 2 heterocycles. The van der Waals surface area contributed by atoms with Crippen molar-refractivity contribution in [1.82, 2.24) is 9.88 Å². The Morgan fingerprint density at radius 3 is 2.94 bits per heavy atom. The number of nitrogens with one attached hydrogen (secondary N) is 1. The summed E-state index contributed by atoms with van der Waals surface area (Å²) in [5.41, 5.74) is 1.10. The van der Waals surface area contributed by atoms with Gasteiger partial charge in [-0.25, -0.2) is 4.98 Å². The lowest BCUT2D eigenvalue weighted by Gasteiger charge is -2.26. The molecule has 1 saturated heterocycles. The lowest BCUT2D eigenvalue weighted by molar-refractivity contribution is -0.133. The van der Waals surface area contributed by atoms with Gasteiger partial charge < -0.3 is 10.2 Å². The fourth-order valence-corrected chi connectivity index (χ4v) is 2.05. The molecule has 1 aromatic heterocycles. The summed E-state index contributed by atoms with van der Waals surface area (Å²) < 4.78 is 0. The molecule has 92 valence electrons. The van der Waals surface area contributed by atoms with Crippen molar-refractivity contribution in [3.63, 3.8) is 0 Å². The fraction of sp³-hybridized carbons (Fsp3) is 0.538. The summed E-state index contributed by atoms with van der Waals surface area (Å²) in [7, 11) is 0. The minimum Gasteiger partial charge on any atom is -0.370 e. The minimum atomic E-state index is 0.270. The number of hydrogen-bond donors (Lipinski definition) is 1. The smallest absolute Gasteiger partial charge is 0.222 e. The van der Waals surface area contributed by atoms with Crippen molar-refractivity contribution in [2.45, 2.75) is 32.7 Å². The predicted octanol–water partition coefficient (Wildman–Crippen LogP) is 2.03. The second-order valence-corrected chi connectivity index (χ2v) is 4.35. The van der Waals surface area contributed by atoms with Gasteiger partial charge in [0.15, 0.2) is 0 Å². The van der Waals surface area contributed by atoms with Crippen molar-refractivity contribution in [1.29, 1.82) is 0 Å². The van der Waals surface area contributed by atoms with E-state index in [1.165, 1.54) is 0 Å². The molecule has 0 unspecified atom stereocenters. The Morgan fingerprint density at radius 2 is 2.29 bits per heavy atom. The first-order valence-electron chi connectivity index (χ1n) is 6.26. The van der Waals surface area contributed by atoms with Crippen molar-refractivity contribution < 1.29 is 4.79 Å². The van der Waals surface area contributed by atoms with Crippen LogP contribution >= 0.6 is 0 Å². The Bertz CT molecular complexity index is 375. The van der Waals surface area contributed by atoms with Crippen molar-refractivity contribution in [3.8, 4) is 0 Å². The molecule has 0 radical (unpaired) electrons. The molecule has 4 nitrogen and oxygen atoms in total. The highest BCUT2D eigenvalue weighted by Crippen LogP contribution is 2.14. The number of anilines is 1.